The molecule has 1 saturated carbocycles. The van der Waals surface area contributed by atoms with Crippen LogP contribution >= 0.6 is 38.9 Å². The second kappa shape index (κ2) is 6.53. The monoisotopic (exact) mass is 336 g/mol. The third-order valence-corrected chi connectivity index (χ3v) is 6.00. The highest BCUT2D eigenvalue weighted by atomic mass is 79.9. The molecule has 1 fully saturated rings. The smallest absolute Gasteiger partial charge is 0.107 e. The predicted octanol–water partition coefficient (Wildman–Crippen LogP) is 3.94. The van der Waals surface area contributed by atoms with Gasteiger partial charge in [-0.2, -0.15) is 0 Å². The lowest BCUT2D eigenvalue weighted by atomic mass is 9.83. The van der Waals surface area contributed by atoms with E-state index in [0.717, 1.165) is 21.3 Å². The largest absolute Gasteiger partial charge is 0.329 e. The second-order valence-corrected chi connectivity index (χ2v) is 7.14. The lowest BCUT2D eigenvalue weighted by molar-refractivity contribution is 0.288. The molecule has 96 valence electrons. The molecule has 1 aromatic heterocycles. The molecule has 0 aromatic carbocycles. The summed E-state index contributed by atoms with van der Waals surface area (Å²) in [4.78, 5) is 1.22. The Hall–Kier alpha value is 0.390. The first-order valence-electron chi connectivity index (χ1n) is 6.09. The van der Waals surface area contributed by atoms with Crippen molar-refractivity contribution < 1.29 is 0 Å². The maximum absolute atomic E-state index is 6.05. The van der Waals surface area contributed by atoms with E-state index in [9.17, 15) is 0 Å². The summed E-state index contributed by atoms with van der Waals surface area (Å²) in [5.41, 5.74) is 5.81. The van der Waals surface area contributed by atoms with Gasteiger partial charge in [0.1, 0.15) is 4.34 Å². The van der Waals surface area contributed by atoms with E-state index in [1.165, 1.54) is 30.6 Å². The molecule has 1 aliphatic carbocycles. The van der Waals surface area contributed by atoms with Crippen molar-refractivity contribution >= 4 is 38.9 Å². The molecular formula is C12H18BrClN2S. The Bertz CT molecular complexity index is 346. The molecule has 0 amide bonds. The molecule has 0 bridgehead atoms. The summed E-state index contributed by atoms with van der Waals surface area (Å²) in [5, 5.41) is 3.53. The highest BCUT2D eigenvalue weighted by Crippen LogP contribution is 2.35. The van der Waals surface area contributed by atoms with Crippen molar-refractivity contribution in [2.24, 2.45) is 11.7 Å². The number of nitrogens with one attached hydrogen (secondary N) is 1. The van der Waals surface area contributed by atoms with Gasteiger partial charge < -0.3 is 11.1 Å². The maximum atomic E-state index is 6.05. The van der Waals surface area contributed by atoms with Crippen molar-refractivity contribution in [2.45, 2.75) is 31.7 Å². The summed E-state index contributed by atoms with van der Waals surface area (Å²) < 4.78 is 1.78. The molecule has 1 aromatic rings. The Labute approximate surface area is 120 Å². The highest BCUT2D eigenvalue weighted by molar-refractivity contribution is 9.10. The molecule has 0 radical (unpaired) electrons. The molecule has 1 aliphatic rings. The Morgan fingerprint density at radius 2 is 2.35 bits per heavy atom. The summed E-state index contributed by atoms with van der Waals surface area (Å²) in [6, 6.07) is 2.31. The first-order chi connectivity index (χ1) is 8.20. The highest BCUT2D eigenvalue weighted by Gasteiger charge is 2.18. The fraction of sp³-hybridized carbons (Fsp3) is 0.667. The molecule has 0 saturated heterocycles. The zero-order valence-electron chi connectivity index (χ0n) is 9.72. The third kappa shape index (κ3) is 3.67. The topological polar surface area (TPSA) is 38.0 Å². The van der Waals surface area contributed by atoms with Crippen LogP contribution in [0.3, 0.4) is 0 Å². The van der Waals surface area contributed by atoms with Crippen molar-refractivity contribution in [3.8, 4) is 0 Å². The molecular weight excluding hydrogens is 320 g/mol. The van der Waals surface area contributed by atoms with E-state index in [1.807, 2.05) is 0 Å². The molecule has 3 N–H and O–H groups in total. The van der Waals surface area contributed by atoms with Gasteiger partial charge in [0.05, 0.1) is 6.04 Å². The van der Waals surface area contributed by atoms with E-state index in [-0.39, 0.29) is 6.04 Å². The first-order valence-corrected chi connectivity index (χ1v) is 8.07. The van der Waals surface area contributed by atoms with Crippen molar-refractivity contribution in [3.63, 3.8) is 0 Å². The number of halogens is 2. The summed E-state index contributed by atoms with van der Waals surface area (Å²) in [6.45, 7) is 1.67. The SMILES string of the molecule is NCC(NCCC1CCC1)c1cc(Br)c(Cl)s1. The quantitative estimate of drug-likeness (QED) is 0.825. The lowest BCUT2D eigenvalue weighted by Gasteiger charge is -2.26. The Balaban J connectivity index is 1.82. The lowest BCUT2D eigenvalue weighted by Crippen LogP contribution is -2.30. The van der Waals surface area contributed by atoms with Gasteiger partial charge in [0, 0.05) is 15.9 Å². The minimum Gasteiger partial charge on any atom is -0.329 e. The molecule has 1 unspecified atom stereocenters. The van der Waals surface area contributed by atoms with Crippen LogP contribution in [-0.2, 0) is 0 Å². The van der Waals surface area contributed by atoms with Crippen LogP contribution in [0.1, 0.15) is 36.6 Å². The van der Waals surface area contributed by atoms with E-state index in [0.29, 0.717) is 6.54 Å². The van der Waals surface area contributed by atoms with Crippen LogP contribution in [0.2, 0.25) is 4.34 Å². The second-order valence-electron chi connectivity index (χ2n) is 4.60. The Morgan fingerprint density at radius 3 is 2.82 bits per heavy atom. The fourth-order valence-electron chi connectivity index (χ4n) is 2.08. The van der Waals surface area contributed by atoms with Gasteiger partial charge in [-0.25, -0.2) is 0 Å². The molecule has 17 heavy (non-hydrogen) atoms. The third-order valence-electron chi connectivity index (χ3n) is 3.41. The summed E-state index contributed by atoms with van der Waals surface area (Å²) in [7, 11) is 0. The van der Waals surface area contributed by atoms with Gasteiger partial charge in [0.2, 0.25) is 0 Å². The number of thiophene rings is 1. The van der Waals surface area contributed by atoms with Crippen molar-refractivity contribution in [1.29, 1.82) is 0 Å². The maximum Gasteiger partial charge on any atom is 0.107 e. The van der Waals surface area contributed by atoms with E-state index < -0.39 is 0 Å². The van der Waals surface area contributed by atoms with Gasteiger partial charge in [-0.15, -0.1) is 11.3 Å². The van der Waals surface area contributed by atoms with Crippen LogP contribution in [0.5, 0.6) is 0 Å². The fourth-order valence-corrected chi connectivity index (χ4v) is 3.90. The zero-order chi connectivity index (χ0) is 12.3. The average Bonchev–Trinajstić information content (AvgIpc) is 2.56. The number of hydrogen-bond acceptors (Lipinski definition) is 3. The minimum atomic E-state index is 0.240. The van der Waals surface area contributed by atoms with Gasteiger partial charge in [-0.05, 0) is 40.9 Å². The van der Waals surface area contributed by atoms with Gasteiger partial charge in [-0.3, -0.25) is 0 Å². The van der Waals surface area contributed by atoms with E-state index in [2.05, 4.69) is 27.3 Å². The Morgan fingerprint density at radius 1 is 1.59 bits per heavy atom. The van der Waals surface area contributed by atoms with Gasteiger partial charge in [0.25, 0.3) is 0 Å². The van der Waals surface area contributed by atoms with Crippen LogP contribution in [-0.4, -0.2) is 13.1 Å². The molecule has 5 heteroatoms. The normalized spacial score (nSPS) is 18.1. The molecule has 1 heterocycles. The molecule has 0 aliphatic heterocycles. The molecule has 2 nitrogen and oxygen atoms in total. The van der Waals surface area contributed by atoms with Gasteiger partial charge in [-0.1, -0.05) is 30.9 Å². The van der Waals surface area contributed by atoms with Crippen molar-refractivity contribution in [1.82, 2.24) is 5.32 Å². The summed E-state index contributed by atoms with van der Waals surface area (Å²) in [6.07, 6.45) is 5.51. The summed E-state index contributed by atoms with van der Waals surface area (Å²) >= 11 is 11.1. The molecule has 2 rings (SSSR count). The van der Waals surface area contributed by atoms with Crippen LogP contribution in [0.15, 0.2) is 10.5 Å². The standard InChI is InChI=1S/C12H18BrClN2S/c13-9-6-11(17-12(9)14)10(7-15)16-5-4-8-2-1-3-8/h6,8,10,16H,1-5,7,15H2. The predicted molar refractivity (Wildman–Crippen MR) is 78.8 cm³/mol. The minimum absolute atomic E-state index is 0.240. The number of hydrogen-bond donors (Lipinski definition) is 2. The van der Waals surface area contributed by atoms with Crippen molar-refractivity contribution in [2.75, 3.05) is 13.1 Å². The van der Waals surface area contributed by atoms with Gasteiger partial charge >= 0.3 is 0 Å². The van der Waals surface area contributed by atoms with Gasteiger partial charge in [0.15, 0.2) is 0 Å². The summed E-state index contributed by atoms with van der Waals surface area (Å²) in [5.74, 6) is 0.944. The van der Waals surface area contributed by atoms with E-state index >= 15 is 0 Å². The van der Waals surface area contributed by atoms with Crippen LogP contribution in [0.4, 0.5) is 0 Å². The Kier molecular flexibility index (Phi) is 5.30. The van der Waals surface area contributed by atoms with Crippen molar-refractivity contribution in [3.05, 3.63) is 19.8 Å². The number of nitrogens with two attached hydrogens (primary N) is 1. The first kappa shape index (κ1) is 13.8. The van der Waals surface area contributed by atoms with Crippen LogP contribution < -0.4 is 11.1 Å². The molecule has 1 atom stereocenters. The van der Waals surface area contributed by atoms with E-state index in [1.54, 1.807) is 11.3 Å². The van der Waals surface area contributed by atoms with Crippen LogP contribution in [0, 0.1) is 5.92 Å². The zero-order valence-corrected chi connectivity index (χ0v) is 12.9. The van der Waals surface area contributed by atoms with Crippen LogP contribution in [0.25, 0.3) is 0 Å². The molecule has 0 spiro atoms. The van der Waals surface area contributed by atoms with E-state index in [4.69, 9.17) is 17.3 Å². The number of rotatable bonds is 6. The average molecular weight is 338 g/mol.